The van der Waals surface area contributed by atoms with Crippen molar-refractivity contribution in [3.63, 3.8) is 0 Å². The number of carboxylic acid groups (broad SMARTS) is 1. The molecule has 2 aromatic rings. The van der Waals surface area contributed by atoms with Crippen LogP contribution in [-0.2, 0) is 4.79 Å². The summed E-state index contributed by atoms with van der Waals surface area (Å²) in [5, 5.41) is 9.63. The van der Waals surface area contributed by atoms with Crippen molar-refractivity contribution in [2.24, 2.45) is 5.92 Å². The highest BCUT2D eigenvalue weighted by atomic mass is 35.5. The van der Waals surface area contributed by atoms with E-state index in [-0.39, 0.29) is 5.78 Å². The van der Waals surface area contributed by atoms with E-state index in [4.69, 9.17) is 28.3 Å². The molecule has 0 unspecified atom stereocenters. The number of Topliss-reactive ketones (excluding diaryl/α,β-unsaturated/α-hetero) is 1. The molecule has 2 aromatic carbocycles. The fourth-order valence-electron chi connectivity index (χ4n) is 2.43. The fraction of sp³-hybridized carbons (Fsp3) is 0.429. The van der Waals surface area contributed by atoms with Gasteiger partial charge >= 0.3 is 5.97 Å². The normalized spacial score (nSPS) is 10.8. The van der Waals surface area contributed by atoms with E-state index < -0.39 is 5.97 Å². The maximum atomic E-state index is 11.5. The molecule has 0 amide bonds. The SMILES string of the molecule is CC(C)c1ccc(C(=O)O)cc1.CCC(=O)/C(C)=C/c1c(C)ccc(Cl)c1Cl.CCC(C)C. The summed E-state index contributed by atoms with van der Waals surface area (Å²) in [6.45, 7) is 16.4. The molecule has 0 spiro atoms. The summed E-state index contributed by atoms with van der Waals surface area (Å²) in [6, 6.07) is 10.6. The average molecular weight is 494 g/mol. The van der Waals surface area contributed by atoms with E-state index in [0.29, 0.717) is 33.5 Å². The molecule has 0 radical (unpaired) electrons. The van der Waals surface area contributed by atoms with E-state index in [1.165, 1.54) is 12.0 Å². The minimum atomic E-state index is -0.870. The zero-order valence-corrected chi connectivity index (χ0v) is 22.6. The third-order valence-electron chi connectivity index (χ3n) is 5.11. The van der Waals surface area contributed by atoms with Crippen molar-refractivity contribution in [3.8, 4) is 0 Å². The van der Waals surface area contributed by atoms with Crippen molar-refractivity contribution in [1.29, 1.82) is 0 Å². The van der Waals surface area contributed by atoms with Crippen LogP contribution in [0.25, 0.3) is 6.08 Å². The van der Waals surface area contributed by atoms with Gasteiger partial charge < -0.3 is 5.11 Å². The number of aryl methyl sites for hydroxylation is 1. The van der Waals surface area contributed by atoms with Crippen LogP contribution in [0.2, 0.25) is 10.0 Å². The Labute approximate surface area is 209 Å². The number of hydrogen-bond acceptors (Lipinski definition) is 2. The number of aromatic carboxylic acids is 1. The third kappa shape index (κ3) is 11.5. The molecule has 0 heterocycles. The summed E-state index contributed by atoms with van der Waals surface area (Å²) >= 11 is 12.0. The maximum Gasteiger partial charge on any atom is 0.335 e. The fourth-order valence-corrected chi connectivity index (χ4v) is 2.86. The van der Waals surface area contributed by atoms with Gasteiger partial charge in [0.25, 0.3) is 0 Å². The van der Waals surface area contributed by atoms with Crippen LogP contribution in [0.5, 0.6) is 0 Å². The molecule has 1 N–H and O–H groups in total. The van der Waals surface area contributed by atoms with Crippen LogP contribution in [0.4, 0.5) is 0 Å². The topological polar surface area (TPSA) is 54.4 Å². The molecule has 5 heteroatoms. The molecule has 0 fully saturated rings. The number of carbonyl (C=O) groups excluding carboxylic acids is 1. The summed E-state index contributed by atoms with van der Waals surface area (Å²) < 4.78 is 0. The van der Waals surface area contributed by atoms with Gasteiger partial charge in [0.2, 0.25) is 0 Å². The summed E-state index contributed by atoms with van der Waals surface area (Å²) in [7, 11) is 0. The van der Waals surface area contributed by atoms with Gasteiger partial charge in [-0.3, -0.25) is 4.79 Å². The Kier molecular flexibility index (Phi) is 14.7. The molecular weight excluding hydrogens is 455 g/mol. The van der Waals surface area contributed by atoms with Crippen LogP contribution in [0.15, 0.2) is 42.0 Å². The minimum absolute atomic E-state index is 0.121. The first kappa shape index (κ1) is 30.9. The van der Waals surface area contributed by atoms with Crippen molar-refractivity contribution in [3.05, 3.63) is 74.3 Å². The van der Waals surface area contributed by atoms with Gasteiger partial charge in [-0.1, -0.05) is 89.4 Å². The van der Waals surface area contributed by atoms with Crippen molar-refractivity contribution in [2.45, 2.75) is 74.1 Å². The summed E-state index contributed by atoms with van der Waals surface area (Å²) in [5.74, 6) is 0.587. The highest BCUT2D eigenvalue weighted by molar-refractivity contribution is 6.43. The molecule has 0 aliphatic heterocycles. The Bertz CT molecular complexity index is 927. The Morgan fingerprint density at radius 3 is 1.88 bits per heavy atom. The van der Waals surface area contributed by atoms with E-state index in [1.807, 2.05) is 32.0 Å². The lowest BCUT2D eigenvalue weighted by Crippen LogP contribution is -1.97. The molecule has 0 aromatic heterocycles. The second-order valence-electron chi connectivity index (χ2n) is 8.58. The molecule has 0 bridgehead atoms. The Morgan fingerprint density at radius 1 is 0.970 bits per heavy atom. The number of halogens is 2. The van der Waals surface area contributed by atoms with Crippen LogP contribution in [-0.4, -0.2) is 16.9 Å². The number of hydrogen-bond donors (Lipinski definition) is 1. The lowest BCUT2D eigenvalue weighted by Gasteiger charge is -2.06. The van der Waals surface area contributed by atoms with E-state index in [1.54, 1.807) is 31.2 Å². The smallest absolute Gasteiger partial charge is 0.335 e. The van der Waals surface area contributed by atoms with E-state index >= 15 is 0 Å². The zero-order valence-electron chi connectivity index (χ0n) is 21.1. The number of carboxylic acids is 1. The van der Waals surface area contributed by atoms with Crippen LogP contribution in [0.1, 0.15) is 94.3 Å². The molecular formula is C28H38Cl2O3. The lowest BCUT2D eigenvalue weighted by atomic mass is 10.0. The summed E-state index contributed by atoms with van der Waals surface area (Å²) in [4.78, 5) is 22.0. The van der Waals surface area contributed by atoms with Crippen molar-refractivity contribution in [2.75, 3.05) is 0 Å². The monoisotopic (exact) mass is 492 g/mol. The maximum absolute atomic E-state index is 11.5. The summed E-state index contributed by atoms with van der Waals surface area (Å²) in [5.41, 5.74) is 4.06. The van der Waals surface area contributed by atoms with Crippen LogP contribution >= 0.6 is 23.2 Å². The number of allylic oxidation sites excluding steroid dienone is 1. The second kappa shape index (κ2) is 15.7. The number of rotatable bonds is 6. The van der Waals surface area contributed by atoms with Crippen LogP contribution in [0, 0.1) is 12.8 Å². The molecule has 0 atom stereocenters. The first-order valence-electron chi connectivity index (χ1n) is 11.3. The van der Waals surface area contributed by atoms with Crippen LogP contribution < -0.4 is 0 Å². The molecule has 0 saturated carbocycles. The Balaban J connectivity index is 0.000000530. The Morgan fingerprint density at radius 2 is 1.48 bits per heavy atom. The van der Waals surface area contributed by atoms with Gasteiger partial charge in [-0.05, 0) is 72.2 Å². The third-order valence-corrected chi connectivity index (χ3v) is 5.93. The quantitative estimate of drug-likeness (QED) is 0.408. The number of benzene rings is 2. The first-order valence-corrected chi connectivity index (χ1v) is 12.1. The van der Waals surface area contributed by atoms with E-state index in [0.717, 1.165) is 17.0 Å². The standard InChI is InChI=1S/C13H14Cl2O.C10H12O2.C5H12/c1-4-12(16)9(3)7-10-8(2)5-6-11(14)13(10)15;1-7(2)8-3-5-9(6-4-8)10(11)12;1-4-5(2)3/h5-7H,4H2,1-3H3;3-7H,1-2H3,(H,11,12);5H,4H2,1-3H3/b9-7+;;. The van der Waals surface area contributed by atoms with E-state index in [9.17, 15) is 9.59 Å². The molecule has 0 saturated heterocycles. The molecule has 182 valence electrons. The van der Waals surface area contributed by atoms with Crippen molar-refractivity contribution in [1.82, 2.24) is 0 Å². The first-order chi connectivity index (χ1) is 15.3. The summed E-state index contributed by atoms with van der Waals surface area (Å²) in [6.07, 6.45) is 3.61. The molecule has 0 aliphatic carbocycles. The highest BCUT2D eigenvalue weighted by Gasteiger charge is 2.08. The molecule has 33 heavy (non-hydrogen) atoms. The van der Waals surface area contributed by atoms with Crippen molar-refractivity contribution < 1.29 is 14.7 Å². The second-order valence-corrected chi connectivity index (χ2v) is 9.37. The van der Waals surface area contributed by atoms with E-state index in [2.05, 4.69) is 34.6 Å². The van der Waals surface area contributed by atoms with Crippen molar-refractivity contribution >= 4 is 41.0 Å². The van der Waals surface area contributed by atoms with Gasteiger partial charge in [0.15, 0.2) is 5.78 Å². The largest absolute Gasteiger partial charge is 0.478 e. The van der Waals surface area contributed by atoms with Gasteiger partial charge in [-0.25, -0.2) is 4.79 Å². The van der Waals surface area contributed by atoms with Gasteiger partial charge in [0, 0.05) is 6.42 Å². The van der Waals surface area contributed by atoms with Crippen LogP contribution in [0.3, 0.4) is 0 Å². The predicted octanol–water partition coefficient (Wildman–Crippen LogP) is 9.24. The molecule has 3 nitrogen and oxygen atoms in total. The molecule has 2 rings (SSSR count). The van der Waals surface area contributed by atoms with Gasteiger partial charge in [0.1, 0.15) is 0 Å². The average Bonchev–Trinajstić information content (AvgIpc) is 2.79. The lowest BCUT2D eigenvalue weighted by molar-refractivity contribution is -0.115. The number of ketones is 1. The highest BCUT2D eigenvalue weighted by Crippen LogP contribution is 2.30. The molecule has 0 aliphatic rings. The Hall–Kier alpha value is -2.10. The van der Waals surface area contributed by atoms with Gasteiger partial charge in [0.05, 0.1) is 15.6 Å². The zero-order chi connectivity index (χ0) is 25.7. The number of carbonyl (C=O) groups is 2. The predicted molar refractivity (Wildman–Crippen MR) is 143 cm³/mol. The minimum Gasteiger partial charge on any atom is -0.478 e. The van der Waals surface area contributed by atoms with Gasteiger partial charge in [-0.15, -0.1) is 0 Å². The van der Waals surface area contributed by atoms with Gasteiger partial charge in [-0.2, -0.15) is 0 Å².